The first-order valence-corrected chi connectivity index (χ1v) is 7.98. The van der Waals surface area contributed by atoms with Gasteiger partial charge in [0.05, 0.1) is 6.54 Å². The monoisotopic (exact) mass is 338 g/mol. The summed E-state index contributed by atoms with van der Waals surface area (Å²) in [5.41, 5.74) is 1.14. The average Bonchev–Trinajstić information content (AvgIpc) is 2.60. The molecule has 2 aromatic rings. The smallest absolute Gasteiger partial charge is 0.244 e. The summed E-state index contributed by atoms with van der Waals surface area (Å²) in [5, 5.41) is 15.8. The van der Waals surface area contributed by atoms with E-state index in [0.29, 0.717) is 5.69 Å². The molecule has 2 rings (SSSR count). The molecule has 130 valence electrons. The summed E-state index contributed by atoms with van der Waals surface area (Å²) in [4.78, 5) is 22.9. The van der Waals surface area contributed by atoms with Crippen LogP contribution in [0.3, 0.4) is 0 Å². The highest BCUT2D eigenvalue weighted by molar-refractivity contribution is 5.92. The highest BCUT2D eigenvalue weighted by atomic mass is 16.3. The predicted molar refractivity (Wildman–Crippen MR) is 98.8 cm³/mol. The van der Waals surface area contributed by atoms with E-state index in [-0.39, 0.29) is 18.4 Å². The lowest BCUT2D eigenvalue weighted by atomic mass is 9.96. The molecule has 0 aliphatic rings. The van der Waals surface area contributed by atoms with Crippen LogP contribution in [0.25, 0.3) is 6.08 Å². The number of aliphatic hydroxyl groups is 1. The lowest BCUT2D eigenvalue weighted by Crippen LogP contribution is -2.37. The third kappa shape index (κ3) is 5.90. The Morgan fingerprint density at radius 3 is 2.32 bits per heavy atom. The number of benzene rings is 2. The lowest BCUT2D eigenvalue weighted by molar-refractivity contribution is -0.117. The zero-order chi connectivity index (χ0) is 18.3. The Balaban J connectivity index is 1.89. The van der Waals surface area contributed by atoms with Gasteiger partial charge in [0, 0.05) is 18.7 Å². The number of hydrogen-bond donors (Lipinski definition) is 3. The van der Waals surface area contributed by atoms with Gasteiger partial charge in [0.1, 0.15) is 5.60 Å². The normalized spacial score (nSPS) is 13.2. The molecule has 2 amide bonds. The van der Waals surface area contributed by atoms with Gasteiger partial charge in [-0.1, -0.05) is 42.5 Å². The largest absolute Gasteiger partial charge is 0.384 e. The maximum absolute atomic E-state index is 11.9. The second-order valence-electron chi connectivity index (χ2n) is 5.99. The Kier molecular flexibility index (Phi) is 6.08. The van der Waals surface area contributed by atoms with Gasteiger partial charge in [-0.05, 0) is 36.3 Å². The Hall–Kier alpha value is -2.92. The topological polar surface area (TPSA) is 78.4 Å². The van der Waals surface area contributed by atoms with Crippen LogP contribution in [0.15, 0.2) is 60.7 Å². The van der Waals surface area contributed by atoms with Crippen LogP contribution in [0.2, 0.25) is 0 Å². The van der Waals surface area contributed by atoms with Crippen molar-refractivity contribution in [2.45, 2.75) is 19.4 Å². The molecule has 0 bridgehead atoms. The summed E-state index contributed by atoms with van der Waals surface area (Å²) in [5.74, 6) is -0.421. The van der Waals surface area contributed by atoms with Crippen LogP contribution in [0, 0.1) is 0 Å². The van der Waals surface area contributed by atoms with E-state index in [4.69, 9.17) is 0 Å². The number of carbonyl (C=O) groups is 2. The van der Waals surface area contributed by atoms with Crippen molar-refractivity contribution in [3.8, 4) is 0 Å². The molecule has 0 radical (unpaired) electrons. The SMILES string of the molecule is CC(=O)Nc1ccc(/C=C/C(=O)NC[C@](C)(O)c2ccccc2)cc1. The molecule has 2 aromatic carbocycles. The van der Waals surface area contributed by atoms with E-state index in [1.54, 1.807) is 37.3 Å². The van der Waals surface area contributed by atoms with Gasteiger partial charge >= 0.3 is 0 Å². The van der Waals surface area contributed by atoms with Crippen molar-refractivity contribution in [2.75, 3.05) is 11.9 Å². The zero-order valence-corrected chi connectivity index (χ0v) is 14.3. The Morgan fingerprint density at radius 2 is 1.72 bits per heavy atom. The van der Waals surface area contributed by atoms with E-state index in [9.17, 15) is 14.7 Å². The second kappa shape index (κ2) is 8.26. The first kappa shape index (κ1) is 18.4. The molecule has 0 aromatic heterocycles. The maximum Gasteiger partial charge on any atom is 0.244 e. The number of amides is 2. The molecule has 0 aliphatic carbocycles. The van der Waals surface area contributed by atoms with Gasteiger partial charge in [-0.15, -0.1) is 0 Å². The molecule has 0 fully saturated rings. The van der Waals surface area contributed by atoms with E-state index in [1.807, 2.05) is 30.3 Å². The highest BCUT2D eigenvalue weighted by Gasteiger charge is 2.22. The first-order chi connectivity index (χ1) is 11.9. The summed E-state index contributed by atoms with van der Waals surface area (Å²) in [6, 6.07) is 16.3. The van der Waals surface area contributed by atoms with Crippen molar-refractivity contribution in [3.63, 3.8) is 0 Å². The van der Waals surface area contributed by atoms with Crippen molar-refractivity contribution in [3.05, 3.63) is 71.8 Å². The fourth-order valence-electron chi connectivity index (χ4n) is 2.27. The zero-order valence-electron chi connectivity index (χ0n) is 14.3. The average molecular weight is 338 g/mol. The molecule has 25 heavy (non-hydrogen) atoms. The Labute approximate surface area is 147 Å². The summed E-state index contributed by atoms with van der Waals surface area (Å²) in [6.45, 7) is 3.22. The van der Waals surface area contributed by atoms with E-state index in [0.717, 1.165) is 11.1 Å². The molecule has 0 saturated carbocycles. The molecule has 1 atom stereocenters. The van der Waals surface area contributed by atoms with Gasteiger partial charge in [0.2, 0.25) is 11.8 Å². The van der Waals surface area contributed by atoms with Crippen molar-refractivity contribution in [1.82, 2.24) is 5.32 Å². The molecule has 0 heterocycles. The van der Waals surface area contributed by atoms with Crippen molar-refractivity contribution in [2.24, 2.45) is 0 Å². The summed E-state index contributed by atoms with van der Waals surface area (Å²) >= 11 is 0. The number of anilines is 1. The minimum atomic E-state index is -1.13. The fourth-order valence-corrected chi connectivity index (χ4v) is 2.27. The fraction of sp³-hybridized carbons (Fsp3) is 0.200. The molecular weight excluding hydrogens is 316 g/mol. The van der Waals surface area contributed by atoms with Crippen molar-refractivity contribution in [1.29, 1.82) is 0 Å². The standard InChI is InChI=1S/C20H22N2O3/c1-15(23)22-18-11-8-16(9-12-18)10-13-19(24)21-14-20(2,25)17-6-4-3-5-7-17/h3-13,25H,14H2,1-2H3,(H,21,24)(H,22,23)/b13-10+/t20-/m0/s1. The highest BCUT2D eigenvalue weighted by Crippen LogP contribution is 2.18. The van der Waals surface area contributed by atoms with Gasteiger partial charge < -0.3 is 15.7 Å². The summed E-state index contributed by atoms with van der Waals surface area (Å²) in [6.07, 6.45) is 3.08. The van der Waals surface area contributed by atoms with Gasteiger partial charge in [-0.25, -0.2) is 0 Å². The molecule has 0 aliphatic heterocycles. The molecule has 5 nitrogen and oxygen atoms in total. The predicted octanol–water partition coefficient (Wildman–Crippen LogP) is 2.68. The van der Waals surface area contributed by atoms with Crippen LogP contribution in [0.5, 0.6) is 0 Å². The summed E-state index contributed by atoms with van der Waals surface area (Å²) in [7, 11) is 0. The van der Waals surface area contributed by atoms with Crippen molar-refractivity contribution >= 4 is 23.6 Å². The van der Waals surface area contributed by atoms with Gasteiger partial charge in [0.15, 0.2) is 0 Å². The first-order valence-electron chi connectivity index (χ1n) is 7.98. The van der Waals surface area contributed by atoms with E-state index in [2.05, 4.69) is 10.6 Å². The van der Waals surface area contributed by atoms with Gasteiger partial charge in [0.25, 0.3) is 0 Å². The molecule has 0 saturated heterocycles. The van der Waals surface area contributed by atoms with Crippen LogP contribution >= 0.6 is 0 Å². The third-order valence-corrected chi connectivity index (χ3v) is 3.66. The Bertz CT molecular complexity index is 750. The number of hydrogen-bond acceptors (Lipinski definition) is 3. The van der Waals surface area contributed by atoms with Gasteiger partial charge in [-0.3, -0.25) is 9.59 Å². The van der Waals surface area contributed by atoms with Crippen molar-refractivity contribution < 1.29 is 14.7 Å². The molecule has 5 heteroatoms. The van der Waals surface area contributed by atoms with Crippen LogP contribution in [0.4, 0.5) is 5.69 Å². The van der Waals surface area contributed by atoms with Crippen LogP contribution in [0.1, 0.15) is 25.0 Å². The number of carbonyl (C=O) groups excluding carboxylic acids is 2. The number of nitrogens with one attached hydrogen (secondary N) is 2. The van der Waals surface area contributed by atoms with Crippen LogP contribution in [-0.2, 0) is 15.2 Å². The maximum atomic E-state index is 11.9. The molecule has 3 N–H and O–H groups in total. The number of rotatable bonds is 6. The van der Waals surface area contributed by atoms with Crippen LogP contribution < -0.4 is 10.6 Å². The molecule has 0 spiro atoms. The quantitative estimate of drug-likeness (QED) is 0.709. The van der Waals surface area contributed by atoms with E-state index < -0.39 is 5.60 Å². The van der Waals surface area contributed by atoms with Crippen LogP contribution in [-0.4, -0.2) is 23.5 Å². The van der Waals surface area contributed by atoms with E-state index in [1.165, 1.54) is 13.0 Å². The van der Waals surface area contributed by atoms with Gasteiger partial charge in [-0.2, -0.15) is 0 Å². The molecule has 0 unspecified atom stereocenters. The molecular formula is C20H22N2O3. The minimum Gasteiger partial charge on any atom is -0.384 e. The Morgan fingerprint density at radius 1 is 1.08 bits per heavy atom. The minimum absolute atomic E-state index is 0.113. The second-order valence-corrected chi connectivity index (χ2v) is 5.99. The summed E-state index contributed by atoms with van der Waals surface area (Å²) < 4.78 is 0. The third-order valence-electron chi connectivity index (χ3n) is 3.66. The van der Waals surface area contributed by atoms with E-state index >= 15 is 0 Å². The lowest BCUT2D eigenvalue weighted by Gasteiger charge is -2.23.